The van der Waals surface area contributed by atoms with E-state index in [4.69, 9.17) is 23.2 Å². The number of hydrogen-bond acceptors (Lipinski definition) is 3. The summed E-state index contributed by atoms with van der Waals surface area (Å²) < 4.78 is 0. The fraction of sp³-hybridized carbons (Fsp3) is 0.200. The molecule has 0 bridgehead atoms. The monoisotopic (exact) mass is 310 g/mol. The van der Waals surface area contributed by atoms with Gasteiger partial charge in [0.1, 0.15) is 5.75 Å². The van der Waals surface area contributed by atoms with E-state index in [1.54, 1.807) is 6.07 Å². The Bertz CT molecular complexity index is 615. The van der Waals surface area contributed by atoms with Crippen LogP contribution in [0.5, 0.6) is 5.75 Å². The van der Waals surface area contributed by atoms with E-state index >= 15 is 0 Å². The second kappa shape index (κ2) is 6.25. The van der Waals surface area contributed by atoms with Gasteiger partial charge in [-0.3, -0.25) is 0 Å². The molecular weight excluding hydrogens is 295 g/mol. The van der Waals surface area contributed by atoms with Gasteiger partial charge in [0.2, 0.25) is 0 Å². The molecule has 0 fully saturated rings. The second-order valence-electron chi connectivity index (χ2n) is 4.66. The number of phenolic OH excluding ortho intramolecular Hbond substituents is 1. The summed E-state index contributed by atoms with van der Waals surface area (Å²) in [6.45, 7) is 0.466. The van der Waals surface area contributed by atoms with Crippen molar-refractivity contribution in [2.45, 2.75) is 6.54 Å². The van der Waals surface area contributed by atoms with Crippen molar-refractivity contribution in [1.29, 1.82) is 0 Å². The normalized spacial score (nSPS) is 10.4. The quantitative estimate of drug-likeness (QED) is 0.880. The number of nitrogens with one attached hydrogen (secondary N) is 1. The Morgan fingerprint density at radius 2 is 1.90 bits per heavy atom. The van der Waals surface area contributed by atoms with Crippen molar-refractivity contribution in [2.24, 2.45) is 0 Å². The Balaban J connectivity index is 2.22. The molecular formula is C15H16Cl2N2O. The summed E-state index contributed by atoms with van der Waals surface area (Å²) >= 11 is 11.9. The first kappa shape index (κ1) is 14.8. The molecule has 0 heterocycles. The lowest BCUT2D eigenvalue weighted by atomic mass is 10.2. The third kappa shape index (κ3) is 3.30. The number of hydrogen-bond donors (Lipinski definition) is 2. The van der Waals surface area contributed by atoms with Crippen LogP contribution in [-0.2, 0) is 6.54 Å². The van der Waals surface area contributed by atoms with Crippen LogP contribution >= 0.6 is 23.2 Å². The topological polar surface area (TPSA) is 35.5 Å². The summed E-state index contributed by atoms with van der Waals surface area (Å²) in [5, 5.41) is 14.2. The van der Waals surface area contributed by atoms with Crippen molar-refractivity contribution in [1.82, 2.24) is 0 Å². The van der Waals surface area contributed by atoms with Crippen LogP contribution in [0.25, 0.3) is 0 Å². The average molecular weight is 311 g/mol. The Labute approximate surface area is 128 Å². The minimum absolute atomic E-state index is 0.107. The molecule has 0 unspecified atom stereocenters. The van der Waals surface area contributed by atoms with Gasteiger partial charge in [0.15, 0.2) is 0 Å². The Morgan fingerprint density at radius 3 is 2.60 bits per heavy atom. The van der Waals surface area contributed by atoms with Crippen molar-refractivity contribution >= 4 is 34.6 Å². The van der Waals surface area contributed by atoms with Gasteiger partial charge in [-0.25, -0.2) is 0 Å². The first-order valence-electron chi connectivity index (χ1n) is 6.16. The second-order valence-corrected chi connectivity index (χ2v) is 5.50. The lowest BCUT2D eigenvalue weighted by molar-refractivity contribution is 0.469. The zero-order chi connectivity index (χ0) is 14.7. The van der Waals surface area contributed by atoms with E-state index in [0.29, 0.717) is 16.6 Å². The third-order valence-corrected chi connectivity index (χ3v) is 3.52. The molecule has 0 radical (unpaired) electrons. The van der Waals surface area contributed by atoms with E-state index in [2.05, 4.69) is 5.32 Å². The first-order chi connectivity index (χ1) is 9.49. The fourth-order valence-electron chi connectivity index (χ4n) is 1.93. The minimum atomic E-state index is 0.107. The summed E-state index contributed by atoms with van der Waals surface area (Å²) in [6.07, 6.45) is 0. The van der Waals surface area contributed by atoms with Crippen molar-refractivity contribution in [3.63, 3.8) is 0 Å². The molecule has 0 aromatic heterocycles. The molecule has 20 heavy (non-hydrogen) atoms. The van der Waals surface area contributed by atoms with Crippen LogP contribution < -0.4 is 10.2 Å². The van der Waals surface area contributed by atoms with E-state index in [-0.39, 0.29) is 5.75 Å². The van der Waals surface area contributed by atoms with Crippen LogP contribution in [0.2, 0.25) is 10.0 Å². The molecule has 0 saturated heterocycles. The van der Waals surface area contributed by atoms with E-state index < -0.39 is 0 Å². The molecule has 0 saturated carbocycles. The maximum atomic E-state index is 9.90. The summed E-state index contributed by atoms with van der Waals surface area (Å²) in [4.78, 5) is 2.00. The number of para-hydroxylation sites is 1. The average Bonchev–Trinajstić information content (AvgIpc) is 2.40. The Kier molecular flexibility index (Phi) is 4.63. The van der Waals surface area contributed by atoms with Crippen LogP contribution in [0.15, 0.2) is 36.4 Å². The van der Waals surface area contributed by atoms with Crippen LogP contribution in [0.3, 0.4) is 0 Å². The number of halogens is 2. The summed E-state index contributed by atoms with van der Waals surface area (Å²) in [6, 6.07) is 10.9. The molecule has 0 aliphatic carbocycles. The van der Waals surface area contributed by atoms with Crippen LogP contribution in [-0.4, -0.2) is 19.2 Å². The maximum Gasteiger partial charge on any atom is 0.139 e. The molecule has 0 atom stereocenters. The molecule has 0 aliphatic rings. The maximum absolute atomic E-state index is 9.90. The van der Waals surface area contributed by atoms with E-state index in [9.17, 15) is 5.11 Å². The number of benzene rings is 2. The van der Waals surface area contributed by atoms with Gasteiger partial charge < -0.3 is 15.3 Å². The summed E-state index contributed by atoms with van der Waals surface area (Å²) in [7, 11) is 3.93. The highest BCUT2D eigenvalue weighted by Crippen LogP contribution is 2.31. The summed E-state index contributed by atoms with van der Waals surface area (Å²) in [5.74, 6) is 0.107. The van der Waals surface area contributed by atoms with Gasteiger partial charge in [-0.2, -0.15) is 0 Å². The van der Waals surface area contributed by atoms with Gasteiger partial charge >= 0.3 is 0 Å². The molecule has 0 aliphatic heterocycles. The Hall–Kier alpha value is -1.58. The lowest BCUT2D eigenvalue weighted by Crippen LogP contribution is -2.12. The smallest absolute Gasteiger partial charge is 0.139 e. The van der Waals surface area contributed by atoms with Gasteiger partial charge in [0.25, 0.3) is 0 Å². The van der Waals surface area contributed by atoms with Crippen LogP contribution in [0.1, 0.15) is 5.56 Å². The number of rotatable bonds is 4. The molecule has 2 aromatic rings. The molecule has 5 heteroatoms. The zero-order valence-electron chi connectivity index (χ0n) is 11.3. The van der Waals surface area contributed by atoms with Crippen LogP contribution in [0, 0.1) is 0 Å². The molecule has 2 aromatic carbocycles. The zero-order valence-corrected chi connectivity index (χ0v) is 12.8. The van der Waals surface area contributed by atoms with Crippen molar-refractivity contribution in [3.8, 4) is 5.75 Å². The SMILES string of the molecule is CN(C)c1ccc(Cl)cc1NCc1cccc(Cl)c1O. The third-order valence-electron chi connectivity index (χ3n) is 2.98. The number of anilines is 2. The van der Waals surface area contributed by atoms with E-state index in [1.807, 2.05) is 49.3 Å². The predicted octanol–water partition coefficient (Wildman–Crippen LogP) is 4.38. The summed E-state index contributed by atoms with van der Waals surface area (Å²) in [5.41, 5.74) is 2.67. The van der Waals surface area contributed by atoms with E-state index in [1.165, 1.54) is 0 Å². The van der Waals surface area contributed by atoms with Gasteiger partial charge in [-0.1, -0.05) is 35.3 Å². The molecule has 3 nitrogen and oxygen atoms in total. The largest absolute Gasteiger partial charge is 0.506 e. The standard InChI is InChI=1S/C15H16Cl2N2O/c1-19(2)14-7-6-11(16)8-13(14)18-9-10-4-3-5-12(17)15(10)20/h3-8,18,20H,9H2,1-2H3. The first-order valence-corrected chi connectivity index (χ1v) is 6.91. The van der Waals surface area contributed by atoms with Gasteiger partial charge in [-0.15, -0.1) is 0 Å². The van der Waals surface area contributed by atoms with Crippen LogP contribution in [0.4, 0.5) is 11.4 Å². The van der Waals surface area contributed by atoms with Crippen molar-refractivity contribution in [2.75, 3.05) is 24.3 Å². The number of aromatic hydroxyl groups is 1. The highest BCUT2D eigenvalue weighted by molar-refractivity contribution is 6.32. The fourth-order valence-corrected chi connectivity index (χ4v) is 2.30. The van der Waals surface area contributed by atoms with Gasteiger partial charge in [0, 0.05) is 31.2 Å². The van der Waals surface area contributed by atoms with Gasteiger partial charge in [0.05, 0.1) is 16.4 Å². The number of phenols is 1. The van der Waals surface area contributed by atoms with Crippen molar-refractivity contribution < 1.29 is 5.11 Å². The Morgan fingerprint density at radius 1 is 1.15 bits per heavy atom. The molecule has 2 N–H and O–H groups in total. The van der Waals surface area contributed by atoms with E-state index in [0.717, 1.165) is 16.9 Å². The lowest BCUT2D eigenvalue weighted by Gasteiger charge is -2.19. The molecule has 2 rings (SSSR count). The van der Waals surface area contributed by atoms with Gasteiger partial charge in [-0.05, 0) is 24.3 Å². The number of nitrogens with zero attached hydrogens (tertiary/aromatic N) is 1. The molecule has 0 spiro atoms. The molecule has 106 valence electrons. The van der Waals surface area contributed by atoms with Crippen molar-refractivity contribution in [3.05, 3.63) is 52.0 Å². The highest BCUT2D eigenvalue weighted by Gasteiger charge is 2.08. The minimum Gasteiger partial charge on any atom is -0.506 e. The predicted molar refractivity (Wildman–Crippen MR) is 86.2 cm³/mol. The molecule has 0 amide bonds. The highest BCUT2D eigenvalue weighted by atomic mass is 35.5.